The molecule has 0 radical (unpaired) electrons. The Balaban J connectivity index is 1.51. The molecule has 24 heavy (non-hydrogen) atoms. The Labute approximate surface area is 142 Å². The standard InChI is InChI=1S/C15H21F4N3OS/c16-14(2-5-20-6-3-14)4-8-22-7-1-12-11(9-22)21-13(24-12)23-10-15(17,18)19/h20H,1-10H2. The highest BCUT2D eigenvalue weighted by Crippen LogP contribution is 2.32. The van der Waals surface area contributed by atoms with E-state index in [2.05, 4.69) is 15.2 Å². The molecule has 1 aromatic rings. The van der Waals surface area contributed by atoms with Crippen LogP contribution < -0.4 is 10.1 Å². The van der Waals surface area contributed by atoms with Crippen LogP contribution in [-0.4, -0.2) is 54.5 Å². The molecule has 0 bridgehead atoms. The maximum atomic E-state index is 14.6. The number of rotatable bonds is 5. The van der Waals surface area contributed by atoms with Gasteiger partial charge in [0.05, 0.1) is 5.69 Å². The first-order valence-electron chi connectivity index (χ1n) is 8.13. The van der Waals surface area contributed by atoms with Crippen molar-refractivity contribution in [3.63, 3.8) is 0 Å². The maximum Gasteiger partial charge on any atom is 0.422 e. The van der Waals surface area contributed by atoms with Gasteiger partial charge < -0.3 is 10.1 Å². The fourth-order valence-electron chi connectivity index (χ4n) is 3.11. The average Bonchev–Trinajstić information content (AvgIpc) is 2.93. The number of halogens is 4. The van der Waals surface area contributed by atoms with E-state index in [1.165, 1.54) is 11.3 Å². The summed E-state index contributed by atoms with van der Waals surface area (Å²) in [5.74, 6) is 0. The van der Waals surface area contributed by atoms with Gasteiger partial charge in [-0.2, -0.15) is 13.2 Å². The molecule has 0 unspecified atom stereocenters. The number of fused-ring (bicyclic) bond motifs is 1. The highest BCUT2D eigenvalue weighted by molar-refractivity contribution is 7.13. The summed E-state index contributed by atoms with van der Waals surface area (Å²) in [6, 6.07) is 0. The van der Waals surface area contributed by atoms with Crippen LogP contribution in [0.2, 0.25) is 0 Å². The van der Waals surface area contributed by atoms with Crippen LogP contribution in [0.3, 0.4) is 0 Å². The zero-order chi connectivity index (χ0) is 17.2. The molecule has 1 saturated heterocycles. The van der Waals surface area contributed by atoms with Crippen molar-refractivity contribution in [3.8, 4) is 5.19 Å². The summed E-state index contributed by atoms with van der Waals surface area (Å²) in [4.78, 5) is 7.26. The Kier molecular flexibility index (Phi) is 5.31. The molecular formula is C15H21F4N3OS. The number of piperidine rings is 1. The van der Waals surface area contributed by atoms with Crippen molar-refractivity contribution in [1.82, 2.24) is 15.2 Å². The smallest absolute Gasteiger partial charge is 0.422 e. The van der Waals surface area contributed by atoms with E-state index < -0.39 is 18.5 Å². The Morgan fingerprint density at radius 2 is 2.04 bits per heavy atom. The van der Waals surface area contributed by atoms with Crippen LogP contribution in [0.4, 0.5) is 17.6 Å². The molecule has 3 rings (SSSR count). The molecule has 2 aliphatic rings. The largest absolute Gasteiger partial charge is 0.460 e. The van der Waals surface area contributed by atoms with Crippen LogP contribution in [0.25, 0.3) is 0 Å². The Bertz CT molecular complexity index is 557. The number of thiazole rings is 1. The van der Waals surface area contributed by atoms with E-state index in [0.29, 0.717) is 45.4 Å². The predicted molar refractivity (Wildman–Crippen MR) is 83.2 cm³/mol. The quantitative estimate of drug-likeness (QED) is 0.812. The van der Waals surface area contributed by atoms with Crippen LogP contribution >= 0.6 is 11.3 Å². The zero-order valence-corrected chi connectivity index (χ0v) is 14.1. The van der Waals surface area contributed by atoms with Crippen molar-refractivity contribution in [1.29, 1.82) is 0 Å². The lowest BCUT2D eigenvalue weighted by molar-refractivity contribution is -0.153. The molecule has 1 aromatic heterocycles. The molecular weight excluding hydrogens is 346 g/mol. The van der Waals surface area contributed by atoms with E-state index in [1.54, 1.807) is 0 Å². The van der Waals surface area contributed by atoms with Crippen LogP contribution in [-0.2, 0) is 13.0 Å². The van der Waals surface area contributed by atoms with E-state index in [0.717, 1.165) is 23.5 Å². The lowest BCUT2D eigenvalue weighted by Gasteiger charge is -2.33. The first-order valence-corrected chi connectivity index (χ1v) is 8.95. The fourth-order valence-corrected chi connectivity index (χ4v) is 4.01. The van der Waals surface area contributed by atoms with E-state index in [4.69, 9.17) is 4.74 Å². The number of nitrogens with one attached hydrogen (secondary N) is 1. The number of hydrogen-bond acceptors (Lipinski definition) is 5. The number of nitrogens with zero attached hydrogens (tertiary/aromatic N) is 2. The van der Waals surface area contributed by atoms with Crippen molar-refractivity contribution >= 4 is 11.3 Å². The summed E-state index contributed by atoms with van der Waals surface area (Å²) >= 11 is 1.18. The van der Waals surface area contributed by atoms with Gasteiger partial charge in [0.1, 0.15) is 5.67 Å². The van der Waals surface area contributed by atoms with Crippen LogP contribution in [0, 0.1) is 0 Å². The molecule has 1 N–H and O–H groups in total. The second-order valence-corrected chi connectivity index (χ2v) is 7.48. The SMILES string of the molecule is FC(F)(F)COc1nc2c(s1)CCN(CCC1(F)CCNCC1)C2. The highest BCUT2D eigenvalue weighted by Gasteiger charge is 2.33. The van der Waals surface area contributed by atoms with E-state index in [9.17, 15) is 17.6 Å². The molecule has 0 aliphatic carbocycles. The molecule has 136 valence electrons. The molecule has 0 aromatic carbocycles. The fraction of sp³-hybridized carbons (Fsp3) is 0.800. The topological polar surface area (TPSA) is 37.4 Å². The molecule has 9 heteroatoms. The van der Waals surface area contributed by atoms with Gasteiger partial charge in [-0.3, -0.25) is 4.90 Å². The first-order chi connectivity index (χ1) is 11.3. The highest BCUT2D eigenvalue weighted by atomic mass is 32.1. The monoisotopic (exact) mass is 367 g/mol. The van der Waals surface area contributed by atoms with Gasteiger partial charge in [0.25, 0.3) is 5.19 Å². The van der Waals surface area contributed by atoms with Gasteiger partial charge in [-0.1, -0.05) is 11.3 Å². The molecule has 0 atom stereocenters. The molecule has 0 amide bonds. The van der Waals surface area contributed by atoms with Gasteiger partial charge in [-0.25, -0.2) is 9.37 Å². The molecule has 3 heterocycles. The number of aromatic nitrogens is 1. The second-order valence-electron chi connectivity index (χ2n) is 6.43. The molecule has 4 nitrogen and oxygen atoms in total. The Hall–Kier alpha value is -0.930. The Morgan fingerprint density at radius 3 is 2.75 bits per heavy atom. The molecule has 1 fully saturated rings. The van der Waals surface area contributed by atoms with Crippen LogP contribution in [0.1, 0.15) is 29.8 Å². The summed E-state index contributed by atoms with van der Waals surface area (Å²) in [6.45, 7) is 2.09. The minimum Gasteiger partial charge on any atom is -0.460 e. The summed E-state index contributed by atoms with van der Waals surface area (Å²) < 4.78 is 56.0. The third-order valence-corrected chi connectivity index (χ3v) is 5.59. The van der Waals surface area contributed by atoms with Gasteiger partial charge in [-0.15, -0.1) is 0 Å². The minimum atomic E-state index is -4.36. The van der Waals surface area contributed by atoms with Crippen molar-refractivity contribution in [2.75, 3.05) is 32.8 Å². The minimum absolute atomic E-state index is 0.0690. The predicted octanol–water partition coefficient (Wildman–Crippen LogP) is 2.92. The molecule has 0 spiro atoms. The van der Waals surface area contributed by atoms with Gasteiger partial charge in [0.15, 0.2) is 6.61 Å². The van der Waals surface area contributed by atoms with Gasteiger partial charge in [0.2, 0.25) is 0 Å². The van der Waals surface area contributed by atoms with E-state index >= 15 is 0 Å². The third kappa shape index (κ3) is 4.80. The summed E-state index contributed by atoms with van der Waals surface area (Å²) in [7, 11) is 0. The normalized spacial score (nSPS) is 21.5. The number of hydrogen-bond donors (Lipinski definition) is 1. The molecule has 0 saturated carbocycles. The second kappa shape index (κ2) is 7.13. The van der Waals surface area contributed by atoms with Gasteiger partial charge >= 0.3 is 6.18 Å². The summed E-state index contributed by atoms with van der Waals surface area (Å²) in [5, 5.41) is 3.23. The third-order valence-electron chi connectivity index (χ3n) is 4.52. The van der Waals surface area contributed by atoms with Crippen molar-refractivity contribution < 1.29 is 22.3 Å². The molecule has 2 aliphatic heterocycles. The average molecular weight is 367 g/mol. The number of ether oxygens (including phenoxy) is 1. The summed E-state index contributed by atoms with van der Waals surface area (Å²) in [5.41, 5.74) is -0.337. The maximum absolute atomic E-state index is 14.6. The van der Waals surface area contributed by atoms with E-state index in [-0.39, 0.29) is 5.19 Å². The lowest BCUT2D eigenvalue weighted by atomic mass is 9.90. The van der Waals surface area contributed by atoms with Gasteiger partial charge in [0, 0.05) is 24.5 Å². The van der Waals surface area contributed by atoms with Crippen molar-refractivity contribution in [3.05, 3.63) is 10.6 Å². The summed E-state index contributed by atoms with van der Waals surface area (Å²) in [6.07, 6.45) is -2.06. The van der Waals surface area contributed by atoms with Crippen LogP contribution in [0.15, 0.2) is 0 Å². The number of alkyl halides is 4. The van der Waals surface area contributed by atoms with Crippen molar-refractivity contribution in [2.24, 2.45) is 0 Å². The van der Waals surface area contributed by atoms with E-state index in [1.807, 2.05) is 0 Å². The lowest BCUT2D eigenvalue weighted by Crippen LogP contribution is -2.42. The first kappa shape index (κ1) is 17.9. The Morgan fingerprint density at radius 1 is 1.29 bits per heavy atom. The van der Waals surface area contributed by atoms with Crippen LogP contribution in [0.5, 0.6) is 5.19 Å². The van der Waals surface area contributed by atoms with Gasteiger partial charge in [-0.05, 0) is 38.8 Å². The zero-order valence-electron chi connectivity index (χ0n) is 13.3. The van der Waals surface area contributed by atoms with Crippen molar-refractivity contribution in [2.45, 2.75) is 44.1 Å².